The number of rotatable bonds is 10. The lowest BCUT2D eigenvalue weighted by atomic mass is 10.2. The Balaban J connectivity index is 1.34. The highest BCUT2D eigenvalue weighted by Gasteiger charge is 2.11. The van der Waals surface area contributed by atoms with Gasteiger partial charge in [-0.05, 0) is 67.4 Å². The van der Waals surface area contributed by atoms with E-state index in [1.807, 2.05) is 19.1 Å². The van der Waals surface area contributed by atoms with E-state index >= 15 is 0 Å². The van der Waals surface area contributed by atoms with Crippen LogP contribution in [0.2, 0.25) is 10.0 Å². The summed E-state index contributed by atoms with van der Waals surface area (Å²) in [4.78, 5) is 36.0. The number of esters is 1. The number of halogens is 2. The second-order valence-corrected chi connectivity index (χ2v) is 8.47. The van der Waals surface area contributed by atoms with Crippen LogP contribution < -0.4 is 15.4 Å². The fraction of sp³-hybridized carbons (Fsp3) is 0.192. The molecule has 9 heteroatoms. The molecule has 0 aromatic heterocycles. The van der Waals surface area contributed by atoms with Gasteiger partial charge in [-0.25, -0.2) is 0 Å². The highest BCUT2D eigenvalue weighted by Crippen LogP contribution is 2.29. The fourth-order valence-corrected chi connectivity index (χ4v) is 3.36. The lowest BCUT2D eigenvalue weighted by Crippen LogP contribution is -2.21. The maximum absolute atomic E-state index is 12.2. The first-order valence-electron chi connectivity index (χ1n) is 10.8. The number of anilines is 2. The number of hydrogen-bond donors (Lipinski definition) is 2. The molecule has 0 radical (unpaired) electrons. The number of benzene rings is 3. The predicted molar refractivity (Wildman–Crippen MR) is 136 cm³/mol. The van der Waals surface area contributed by atoms with Crippen molar-refractivity contribution in [2.75, 3.05) is 17.2 Å². The Morgan fingerprint density at radius 2 is 1.60 bits per heavy atom. The Kier molecular flexibility index (Phi) is 9.52. The summed E-state index contributed by atoms with van der Waals surface area (Å²) in [5.41, 5.74) is 1.98. The largest absolute Gasteiger partial charge is 0.456 e. The summed E-state index contributed by atoms with van der Waals surface area (Å²) in [6.07, 6.45) is 0.426. The van der Waals surface area contributed by atoms with Crippen LogP contribution in [0.25, 0.3) is 0 Å². The minimum absolute atomic E-state index is 0.0154. The molecule has 0 heterocycles. The van der Waals surface area contributed by atoms with Gasteiger partial charge in [-0.3, -0.25) is 14.4 Å². The smallest absolute Gasteiger partial charge is 0.306 e. The summed E-state index contributed by atoms with van der Waals surface area (Å²) in [5, 5.41) is 6.39. The van der Waals surface area contributed by atoms with E-state index in [1.165, 1.54) is 0 Å². The second-order valence-electron chi connectivity index (χ2n) is 7.63. The van der Waals surface area contributed by atoms with Crippen molar-refractivity contribution in [3.8, 4) is 11.5 Å². The molecule has 2 amide bonds. The molecule has 0 saturated carbocycles. The summed E-state index contributed by atoms with van der Waals surface area (Å²) in [6.45, 7) is 1.41. The van der Waals surface area contributed by atoms with Crippen molar-refractivity contribution >= 4 is 52.4 Å². The summed E-state index contributed by atoms with van der Waals surface area (Å²) in [5.74, 6) is -0.157. The first-order valence-corrected chi connectivity index (χ1v) is 11.6. The average Bonchev–Trinajstić information content (AvgIpc) is 2.83. The van der Waals surface area contributed by atoms with E-state index < -0.39 is 18.5 Å². The SMILES string of the molecule is Cc1ccc(Cl)cc1NC(=O)COC(=O)CCCC(=O)Nc1ccc(Oc2ccccc2Cl)cc1. The van der Waals surface area contributed by atoms with Gasteiger partial charge in [-0.15, -0.1) is 0 Å². The van der Waals surface area contributed by atoms with Crippen molar-refractivity contribution in [1.29, 1.82) is 0 Å². The number of carbonyl (C=O) groups excluding carboxylic acids is 3. The number of nitrogens with one attached hydrogen (secondary N) is 2. The minimum atomic E-state index is -0.558. The van der Waals surface area contributed by atoms with E-state index in [4.69, 9.17) is 32.7 Å². The van der Waals surface area contributed by atoms with Crippen LogP contribution in [0.1, 0.15) is 24.8 Å². The highest BCUT2D eigenvalue weighted by molar-refractivity contribution is 6.32. The zero-order chi connectivity index (χ0) is 25.2. The molecule has 0 atom stereocenters. The van der Waals surface area contributed by atoms with Crippen LogP contribution in [-0.4, -0.2) is 24.4 Å². The van der Waals surface area contributed by atoms with Gasteiger partial charge in [-0.2, -0.15) is 0 Å². The van der Waals surface area contributed by atoms with E-state index in [0.717, 1.165) is 5.56 Å². The third-order valence-corrected chi connectivity index (χ3v) is 5.37. The summed E-state index contributed by atoms with van der Waals surface area (Å²) < 4.78 is 10.7. The van der Waals surface area contributed by atoms with Gasteiger partial charge in [0.25, 0.3) is 5.91 Å². The van der Waals surface area contributed by atoms with Gasteiger partial charge < -0.3 is 20.1 Å². The summed E-state index contributed by atoms with van der Waals surface area (Å²) >= 11 is 12.0. The van der Waals surface area contributed by atoms with Gasteiger partial charge >= 0.3 is 5.97 Å². The van der Waals surface area contributed by atoms with Crippen LogP contribution in [0, 0.1) is 6.92 Å². The Labute approximate surface area is 213 Å². The van der Waals surface area contributed by atoms with Crippen LogP contribution in [0.4, 0.5) is 11.4 Å². The third kappa shape index (κ3) is 8.63. The first kappa shape index (κ1) is 26.1. The first-order chi connectivity index (χ1) is 16.8. The summed E-state index contributed by atoms with van der Waals surface area (Å²) in [7, 11) is 0. The van der Waals surface area contributed by atoms with Crippen LogP contribution in [-0.2, 0) is 19.1 Å². The molecular weight excluding hydrogens is 491 g/mol. The maximum atomic E-state index is 12.2. The molecule has 3 aromatic carbocycles. The van der Waals surface area contributed by atoms with Gasteiger partial charge in [-0.1, -0.05) is 41.4 Å². The molecule has 0 unspecified atom stereocenters. The number of ether oxygens (including phenoxy) is 2. The number of carbonyl (C=O) groups is 3. The molecule has 7 nitrogen and oxygen atoms in total. The Morgan fingerprint density at radius 3 is 2.34 bits per heavy atom. The van der Waals surface area contributed by atoms with Crippen molar-refractivity contribution in [3.05, 3.63) is 82.3 Å². The molecule has 0 aliphatic heterocycles. The molecule has 2 N–H and O–H groups in total. The lowest BCUT2D eigenvalue weighted by Gasteiger charge is -2.10. The van der Waals surface area contributed by atoms with Crippen molar-refractivity contribution in [2.45, 2.75) is 26.2 Å². The second kappa shape index (κ2) is 12.8. The molecule has 0 aliphatic rings. The van der Waals surface area contributed by atoms with Gasteiger partial charge in [0.05, 0.1) is 5.02 Å². The number of aryl methyl sites for hydroxylation is 1. The van der Waals surface area contributed by atoms with E-state index in [1.54, 1.807) is 54.6 Å². The van der Waals surface area contributed by atoms with Gasteiger partial charge in [0.15, 0.2) is 6.61 Å². The van der Waals surface area contributed by atoms with Crippen molar-refractivity contribution in [2.24, 2.45) is 0 Å². The number of para-hydroxylation sites is 1. The van der Waals surface area contributed by atoms with E-state index in [0.29, 0.717) is 32.9 Å². The Bertz CT molecular complexity index is 1200. The average molecular weight is 515 g/mol. The predicted octanol–water partition coefficient (Wildman–Crippen LogP) is 6.38. The number of hydrogen-bond acceptors (Lipinski definition) is 5. The van der Waals surface area contributed by atoms with Gasteiger partial charge in [0.2, 0.25) is 5.91 Å². The van der Waals surface area contributed by atoms with E-state index in [-0.39, 0.29) is 25.2 Å². The quantitative estimate of drug-likeness (QED) is 0.306. The van der Waals surface area contributed by atoms with Gasteiger partial charge in [0.1, 0.15) is 11.5 Å². The normalized spacial score (nSPS) is 10.4. The molecule has 3 rings (SSSR count). The standard InChI is InChI=1S/C26H24Cl2N2O5/c1-17-9-10-18(27)15-22(17)30-25(32)16-34-26(33)8-4-7-24(31)29-19-11-13-20(14-12-19)35-23-6-3-2-5-21(23)28/h2-3,5-6,9-15H,4,7-8,16H2,1H3,(H,29,31)(H,30,32). The van der Waals surface area contributed by atoms with E-state index in [2.05, 4.69) is 10.6 Å². The monoisotopic (exact) mass is 514 g/mol. The Morgan fingerprint density at radius 1 is 0.857 bits per heavy atom. The maximum Gasteiger partial charge on any atom is 0.306 e. The van der Waals surface area contributed by atoms with Crippen LogP contribution in [0.15, 0.2) is 66.7 Å². The molecule has 182 valence electrons. The molecular formula is C26H24Cl2N2O5. The fourth-order valence-electron chi connectivity index (χ4n) is 3.01. The van der Waals surface area contributed by atoms with Crippen molar-refractivity contribution < 1.29 is 23.9 Å². The zero-order valence-electron chi connectivity index (χ0n) is 19.0. The highest BCUT2D eigenvalue weighted by atomic mass is 35.5. The van der Waals surface area contributed by atoms with Crippen LogP contribution in [0.5, 0.6) is 11.5 Å². The topological polar surface area (TPSA) is 93.7 Å². The van der Waals surface area contributed by atoms with Gasteiger partial charge in [0, 0.05) is 29.2 Å². The molecule has 0 bridgehead atoms. The lowest BCUT2D eigenvalue weighted by molar-refractivity contribution is -0.147. The molecule has 0 aliphatic carbocycles. The Hall–Kier alpha value is -3.55. The summed E-state index contributed by atoms with van der Waals surface area (Å²) in [6, 6.07) is 19.1. The molecule has 0 spiro atoms. The zero-order valence-corrected chi connectivity index (χ0v) is 20.5. The van der Waals surface area contributed by atoms with Crippen molar-refractivity contribution in [3.63, 3.8) is 0 Å². The molecule has 35 heavy (non-hydrogen) atoms. The molecule has 3 aromatic rings. The van der Waals surface area contributed by atoms with E-state index in [9.17, 15) is 14.4 Å². The molecule has 0 fully saturated rings. The van der Waals surface area contributed by atoms with Crippen molar-refractivity contribution in [1.82, 2.24) is 0 Å². The van der Waals surface area contributed by atoms with Crippen LogP contribution in [0.3, 0.4) is 0 Å². The molecule has 0 saturated heterocycles. The third-order valence-electron chi connectivity index (χ3n) is 4.83. The number of amides is 2. The van der Waals surface area contributed by atoms with Crippen LogP contribution >= 0.6 is 23.2 Å². The minimum Gasteiger partial charge on any atom is -0.456 e.